The Morgan fingerprint density at radius 3 is 2.56 bits per heavy atom. The molecule has 0 aliphatic heterocycles. The van der Waals surface area contributed by atoms with Crippen molar-refractivity contribution < 1.29 is 0 Å². The number of benzene rings is 1. The number of hydrazone groups is 1. The van der Waals surface area contributed by atoms with Gasteiger partial charge >= 0.3 is 0 Å². The fourth-order valence-electron chi connectivity index (χ4n) is 1.07. The quantitative estimate of drug-likeness (QED) is 0.478. The van der Waals surface area contributed by atoms with Gasteiger partial charge in [0.1, 0.15) is 0 Å². The van der Waals surface area contributed by atoms with Gasteiger partial charge in [0.2, 0.25) is 0 Å². The average Bonchev–Trinajstić information content (AvgIpc) is 2.25. The minimum Gasteiger partial charge on any atom is -0.375 e. The predicted molar refractivity (Wildman–Crippen MR) is 73.2 cm³/mol. The van der Waals surface area contributed by atoms with E-state index in [2.05, 4.69) is 53.9 Å². The highest BCUT2D eigenvalue weighted by Gasteiger charge is 1.88. The van der Waals surface area contributed by atoms with Crippen LogP contribution in [0.2, 0.25) is 0 Å². The minimum atomic E-state index is 0.170. The van der Waals surface area contributed by atoms with E-state index >= 15 is 0 Å². The zero-order valence-electron chi connectivity index (χ0n) is 9.40. The molecular weight excluding hydrogens is 218 g/mol. The third kappa shape index (κ3) is 4.70. The molecule has 1 aromatic rings. The molecule has 0 aliphatic rings. The van der Waals surface area contributed by atoms with Crippen molar-refractivity contribution in [3.05, 3.63) is 41.5 Å². The maximum Gasteiger partial charge on any atom is 0.184 e. The first-order valence-corrected chi connectivity index (χ1v) is 5.33. The number of aryl methyl sites for hydroxylation is 1. The molecule has 3 nitrogen and oxygen atoms in total. The SMILES string of the molecule is CC(C=Cc1ccc(C)cc1)=NNC(N)=S. The largest absolute Gasteiger partial charge is 0.375 e. The Morgan fingerprint density at radius 1 is 1.38 bits per heavy atom. The third-order valence-electron chi connectivity index (χ3n) is 1.94. The van der Waals surface area contributed by atoms with Crippen molar-refractivity contribution in [1.29, 1.82) is 0 Å². The molecule has 1 rings (SSSR count). The van der Waals surface area contributed by atoms with E-state index < -0.39 is 0 Å². The molecule has 0 aromatic heterocycles. The van der Waals surface area contributed by atoms with Gasteiger partial charge in [-0.25, -0.2) is 0 Å². The minimum absolute atomic E-state index is 0.170. The van der Waals surface area contributed by atoms with Gasteiger partial charge in [-0.05, 0) is 37.7 Å². The molecular formula is C12H15N3S. The highest BCUT2D eigenvalue weighted by Crippen LogP contribution is 2.04. The van der Waals surface area contributed by atoms with Crippen LogP contribution in [0.5, 0.6) is 0 Å². The molecule has 84 valence electrons. The summed E-state index contributed by atoms with van der Waals surface area (Å²) in [4.78, 5) is 0. The number of nitrogens with two attached hydrogens (primary N) is 1. The van der Waals surface area contributed by atoms with Gasteiger partial charge in [-0.2, -0.15) is 5.10 Å². The molecule has 0 unspecified atom stereocenters. The summed E-state index contributed by atoms with van der Waals surface area (Å²) in [7, 11) is 0. The van der Waals surface area contributed by atoms with Gasteiger partial charge in [0, 0.05) is 0 Å². The second kappa shape index (κ2) is 6.02. The molecule has 1 aromatic carbocycles. The number of nitrogens with one attached hydrogen (secondary N) is 1. The Balaban J connectivity index is 2.62. The number of nitrogens with zero attached hydrogens (tertiary/aromatic N) is 1. The lowest BCUT2D eigenvalue weighted by molar-refractivity contribution is 1.03. The summed E-state index contributed by atoms with van der Waals surface area (Å²) >= 11 is 4.64. The zero-order valence-corrected chi connectivity index (χ0v) is 10.2. The van der Waals surface area contributed by atoms with E-state index in [1.807, 2.05) is 19.1 Å². The van der Waals surface area contributed by atoms with Crippen molar-refractivity contribution in [2.75, 3.05) is 0 Å². The molecule has 3 N–H and O–H groups in total. The van der Waals surface area contributed by atoms with Crippen LogP contribution in [0, 0.1) is 6.92 Å². The van der Waals surface area contributed by atoms with Gasteiger partial charge in [-0.15, -0.1) is 0 Å². The van der Waals surface area contributed by atoms with Crippen LogP contribution in [0.1, 0.15) is 18.1 Å². The number of thiocarbonyl (C=S) groups is 1. The lowest BCUT2D eigenvalue weighted by Gasteiger charge is -1.97. The lowest BCUT2D eigenvalue weighted by atomic mass is 10.1. The smallest absolute Gasteiger partial charge is 0.184 e. The summed E-state index contributed by atoms with van der Waals surface area (Å²) in [5.74, 6) is 0. The Kier molecular flexibility index (Phi) is 4.66. The molecule has 0 heterocycles. The maximum atomic E-state index is 5.25. The van der Waals surface area contributed by atoms with E-state index in [9.17, 15) is 0 Å². The topological polar surface area (TPSA) is 50.4 Å². The van der Waals surface area contributed by atoms with Crippen LogP contribution in [0.4, 0.5) is 0 Å². The van der Waals surface area contributed by atoms with E-state index in [0.717, 1.165) is 11.3 Å². The summed E-state index contributed by atoms with van der Waals surface area (Å²) in [5.41, 5.74) is 11.0. The van der Waals surface area contributed by atoms with Gasteiger partial charge in [0.15, 0.2) is 5.11 Å². The zero-order chi connectivity index (χ0) is 12.0. The van der Waals surface area contributed by atoms with E-state index in [1.165, 1.54) is 5.56 Å². The van der Waals surface area contributed by atoms with E-state index in [4.69, 9.17) is 5.73 Å². The second-order valence-electron chi connectivity index (χ2n) is 3.47. The summed E-state index contributed by atoms with van der Waals surface area (Å²) in [6.07, 6.45) is 3.88. The molecule has 0 aliphatic carbocycles. The van der Waals surface area contributed by atoms with Gasteiger partial charge in [0.05, 0.1) is 5.71 Å². The normalized spacial score (nSPS) is 11.8. The van der Waals surface area contributed by atoms with Gasteiger partial charge in [-0.1, -0.05) is 35.9 Å². The molecule has 0 saturated heterocycles. The molecule has 0 radical (unpaired) electrons. The summed E-state index contributed by atoms with van der Waals surface area (Å²) in [6, 6.07) is 8.25. The van der Waals surface area contributed by atoms with E-state index in [0.29, 0.717) is 0 Å². The molecule has 0 spiro atoms. The standard InChI is InChI=1S/C12H15N3S/c1-9-3-6-11(7-4-9)8-5-10(2)14-15-12(13)16/h3-8H,1-2H3,(H3,13,15,16). The van der Waals surface area contributed by atoms with Crippen molar-refractivity contribution >= 4 is 29.1 Å². The predicted octanol–water partition coefficient (Wildman–Crippen LogP) is 2.22. The van der Waals surface area contributed by atoms with Crippen LogP contribution in [-0.2, 0) is 0 Å². The summed E-state index contributed by atoms with van der Waals surface area (Å²) < 4.78 is 0. The Labute approximate surface area is 101 Å². The first-order valence-electron chi connectivity index (χ1n) is 4.92. The van der Waals surface area contributed by atoms with Crippen molar-refractivity contribution in [2.24, 2.45) is 10.8 Å². The number of allylic oxidation sites excluding steroid dienone is 1. The average molecular weight is 233 g/mol. The monoisotopic (exact) mass is 233 g/mol. The van der Waals surface area contributed by atoms with Gasteiger partial charge in [-0.3, -0.25) is 5.43 Å². The molecule has 0 atom stereocenters. The summed E-state index contributed by atoms with van der Waals surface area (Å²) in [6.45, 7) is 3.93. The Morgan fingerprint density at radius 2 is 2.00 bits per heavy atom. The fraction of sp³-hybridized carbons (Fsp3) is 0.167. The van der Waals surface area contributed by atoms with Crippen LogP contribution in [0.3, 0.4) is 0 Å². The van der Waals surface area contributed by atoms with E-state index in [-0.39, 0.29) is 5.11 Å². The number of hydrogen-bond donors (Lipinski definition) is 2. The first-order chi connectivity index (χ1) is 7.58. The van der Waals surface area contributed by atoms with Gasteiger partial charge in [0.25, 0.3) is 0 Å². The van der Waals surface area contributed by atoms with Crippen LogP contribution < -0.4 is 11.2 Å². The molecule has 0 bridgehead atoms. The Hall–Kier alpha value is -1.68. The molecule has 4 heteroatoms. The van der Waals surface area contributed by atoms with Crippen molar-refractivity contribution in [1.82, 2.24) is 5.43 Å². The van der Waals surface area contributed by atoms with Crippen molar-refractivity contribution in [2.45, 2.75) is 13.8 Å². The van der Waals surface area contributed by atoms with Crippen LogP contribution in [-0.4, -0.2) is 10.8 Å². The van der Waals surface area contributed by atoms with Crippen LogP contribution >= 0.6 is 12.2 Å². The van der Waals surface area contributed by atoms with Crippen molar-refractivity contribution in [3.63, 3.8) is 0 Å². The third-order valence-corrected chi connectivity index (χ3v) is 2.03. The molecule has 16 heavy (non-hydrogen) atoms. The van der Waals surface area contributed by atoms with E-state index in [1.54, 1.807) is 0 Å². The summed E-state index contributed by atoms with van der Waals surface area (Å²) in [5, 5.41) is 4.14. The number of hydrogen-bond acceptors (Lipinski definition) is 2. The highest BCUT2D eigenvalue weighted by atomic mass is 32.1. The second-order valence-corrected chi connectivity index (χ2v) is 3.91. The lowest BCUT2D eigenvalue weighted by Crippen LogP contribution is -2.24. The Bertz CT molecular complexity index is 418. The number of rotatable bonds is 3. The molecule has 0 saturated carbocycles. The molecule has 0 amide bonds. The highest BCUT2D eigenvalue weighted by molar-refractivity contribution is 7.80. The first kappa shape index (κ1) is 12.4. The van der Waals surface area contributed by atoms with Crippen LogP contribution in [0.15, 0.2) is 35.4 Å². The van der Waals surface area contributed by atoms with Gasteiger partial charge < -0.3 is 5.73 Å². The van der Waals surface area contributed by atoms with Crippen molar-refractivity contribution in [3.8, 4) is 0 Å². The molecule has 0 fully saturated rings. The fourth-order valence-corrected chi connectivity index (χ4v) is 1.12. The van der Waals surface area contributed by atoms with Crippen LogP contribution in [0.25, 0.3) is 6.08 Å². The maximum absolute atomic E-state index is 5.25.